The molecule has 2 N–H and O–H groups in total. The van der Waals surface area contributed by atoms with Crippen LogP contribution in [0.2, 0.25) is 0 Å². The van der Waals surface area contributed by atoms with E-state index in [1.807, 2.05) is 0 Å². The SMILES string of the molecule is CCOc1cc(C2c3sc(=O)[nH]c3SC3C(=O)N(c4ccc([N+](=O)[O-])cc4)C(=O)C32)ccc1OCC(=O)Nc1cccc(C(F)(F)F)c1. The van der Waals surface area contributed by atoms with Gasteiger partial charge in [-0.1, -0.05) is 35.2 Å². The number of hydrogen-bond donors (Lipinski definition) is 2. The van der Waals surface area contributed by atoms with Crippen LogP contribution < -0.4 is 24.6 Å². The summed E-state index contributed by atoms with van der Waals surface area (Å²) in [5.41, 5.74) is -0.515. The summed E-state index contributed by atoms with van der Waals surface area (Å²) in [7, 11) is 0. The highest BCUT2D eigenvalue weighted by molar-refractivity contribution is 8.00. The zero-order valence-electron chi connectivity index (χ0n) is 24.6. The molecule has 1 saturated heterocycles. The Morgan fingerprint density at radius 3 is 2.46 bits per heavy atom. The third-order valence-corrected chi connectivity index (χ3v) is 10.0. The van der Waals surface area contributed by atoms with E-state index in [2.05, 4.69) is 10.3 Å². The lowest BCUT2D eigenvalue weighted by Gasteiger charge is -2.30. The summed E-state index contributed by atoms with van der Waals surface area (Å²) in [6, 6.07) is 13.9. The number of nitro groups is 1. The van der Waals surface area contributed by atoms with Gasteiger partial charge in [0.05, 0.1) is 33.7 Å². The number of carbonyl (C=O) groups is 3. The molecule has 3 aromatic carbocycles. The predicted molar refractivity (Wildman–Crippen MR) is 169 cm³/mol. The van der Waals surface area contributed by atoms with Crippen LogP contribution in [0.15, 0.2) is 76.6 Å². The Balaban J connectivity index is 1.28. The molecule has 0 bridgehead atoms. The summed E-state index contributed by atoms with van der Waals surface area (Å²) in [5, 5.41) is 13.0. The van der Waals surface area contributed by atoms with Gasteiger partial charge in [-0.05, 0) is 55.0 Å². The monoisotopic (exact) mass is 700 g/mol. The van der Waals surface area contributed by atoms with Crippen molar-refractivity contribution in [1.82, 2.24) is 4.98 Å². The third kappa shape index (κ3) is 6.25. The smallest absolute Gasteiger partial charge is 0.416 e. The number of hydrogen-bond acceptors (Lipinski definition) is 10. The number of rotatable bonds is 9. The molecule has 17 heteroatoms. The van der Waals surface area contributed by atoms with Crippen molar-refractivity contribution in [3.05, 3.63) is 103 Å². The van der Waals surface area contributed by atoms with Crippen LogP contribution in [0, 0.1) is 16.0 Å². The van der Waals surface area contributed by atoms with Crippen LogP contribution in [0.3, 0.4) is 0 Å². The first-order valence-electron chi connectivity index (χ1n) is 14.2. The first-order valence-corrected chi connectivity index (χ1v) is 15.9. The Labute approximate surface area is 277 Å². The van der Waals surface area contributed by atoms with Gasteiger partial charge in [0, 0.05) is 28.6 Å². The molecular formula is C31H23F3N4O8S2. The molecule has 6 rings (SSSR count). The van der Waals surface area contributed by atoms with E-state index in [0.717, 1.165) is 40.1 Å². The minimum Gasteiger partial charge on any atom is -0.490 e. The first kappa shape index (κ1) is 32.8. The van der Waals surface area contributed by atoms with Crippen molar-refractivity contribution in [3.63, 3.8) is 0 Å². The number of H-pyrrole nitrogens is 1. The zero-order chi connectivity index (χ0) is 34.3. The van der Waals surface area contributed by atoms with Crippen molar-refractivity contribution in [2.45, 2.75) is 29.3 Å². The second-order valence-corrected chi connectivity index (χ2v) is 12.8. The molecule has 1 aromatic heterocycles. The number of nitrogens with zero attached hydrogens (tertiary/aromatic N) is 2. The van der Waals surface area contributed by atoms with Crippen molar-refractivity contribution in [1.29, 1.82) is 0 Å². The number of fused-ring (bicyclic) bond motifs is 2. The van der Waals surface area contributed by atoms with Gasteiger partial charge in [0.2, 0.25) is 11.8 Å². The molecule has 0 saturated carbocycles. The number of benzene rings is 3. The van der Waals surface area contributed by atoms with Gasteiger partial charge < -0.3 is 19.8 Å². The quantitative estimate of drug-likeness (QED) is 0.129. The van der Waals surface area contributed by atoms with Crippen LogP contribution in [0.5, 0.6) is 11.5 Å². The molecule has 48 heavy (non-hydrogen) atoms. The molecule has 248 valence electrons. The molecule has 2 aliphatic rings. The lowest BCUT2D eigenvalue weighted by molar-refractivity contribution is -0.384. The highest BCUT2D eigenvalue weighted by Gasteiger charge is 2.56. The number of thioether (sulfide) groups is 1. The summed E-state index contributed by atoms with van der Waals surface area (Å²) >= 11 is 1.97. The number of non-ortho nitro benzene ring substituents is 1. The molecule has 2 aliphatic heterocycles. The second kappa shape index (κ2) is 12.8. The van der Waals surface area contributed by atoms with Gasteiger partial charge in [-0.25, -0.2) is 4.90 Å². The Bertz CT molecular complexity index is 2000. The molecule has 4 aromatic rings. The van der Waals surface area contributed by atoms with Crippen molar-refractivity contribution in [3.8, 4) is 11.5 Å². The number of alkyl halides is 3. The maximum absolute atomic E-state index is 14.0. The number of imide groups is 1. The van der Waals surface area contributed by atoms with E-state index in [1.165, 1.54) is 42.5 Å². The van der Waals surface area contributed by atoms with E-state index in [4.69, 9.17) is 9.47 Å². The highest BCUT2D eigenvalue weighted by Crippen LogP contribution is 2.54. The lowest BCUT2D eigenvalue weighted by Crippen LogP contribution is -2.32. The molecule has 1 fully saturated rings. The molecule has 0 spiro atoms. The van der Waals surface area contributed by atoms with Crippen molar-refractivity contribution in [2.75, 3.05) is 23.4 Å². The van der Waals surface area contributed by atoms with E-state index < -0.39 is 58.1 Å². The molecule has 0 aliphatic carbocycles. The van der Waals surface area contributed by atoms with E-state index in [0.29, 0.717) is 15.5 Å². The number of nitro benzene ring substituents is 1. The molecule has 12 nitrogen and oxygen atoms in total. The van der Waals surface area contributed by atoms with E-state index in [-0.39, 0.29) is 40.0 Å². The summed E-state index contributed by atoms with van der Waals surface area (Å²) in [5.74, 6) is -3.22. The number of anilines is 2. The van der Waals surface area contributed by atoms with Crippen LogP contribution in [0.4, 0.5) is 30.2 Å². The van der Waals surface area contributed by atoms with Crippen molar-refractivity contribution in [2.24, 2.45) is 5.92 Å². The Morgan fingerprint density at radius 1 is 1.02 bits per heavy atom. The number of nitrogens with one attached hydrogen (secondary N) is 2. The van der Waals surface area contributed by atoms with Gasteiger partial charge in [-0.15, -0.1) is 0 Å². The standard InChI is InChI=1S/C31H23F3N4O8S2/c1-2-45-21-12-15(6-11-20(21)46-14-22(39)35-17-5-3-4-16(13-17)31(32,33)34)23-24-26(47-27-25(23)48-30(42)36-27)29(41)37(28(24)40)18-7-9-19(10-8-18)38(43)44/h3-13,23-24,26H,2,14H2,1H3,(H,35,39)(H,36,42). The summed E-state index contributed by atoms with van der Waals surface area (Å²) in [6.45, 7) is 1.32. The number of carbonyl (C=O) groups excluding carboxylic acids is 3. The minimum absolute atomic E-state index is 0.0663. The van der Waals surface area contributed by atoms with Gasteiger partial charge in [-0.2, -0.15) is 13.2 Å². The maximum atomic E-state index is 14.0. The van der Waals surface area contributed by atoms with E-state index in [1.54, 1.807) is 19.1 Å². The Hall–Kier alpha value is -5.16. The predicted octanol–water partition coefficient (Wildman–Crippen LogP) is 5.58. The molecule has 3 amide bonds. The number of halogens is 3. The minimum atomic E-state index is -4.58. The Kier molecular flexibility index (Phi) is 8.74. The number of aromatic amines is 1. The van der Waals surface area contributed by atoms with Crippen LogP contribution in [0.1, 0.15) is 28.8 Å². The van der Waals surface area contributed by atoms with Gasteiger partial charge in [0.1, 0.15) is 5.25 Å². The van der Waals surface area contributed by atoms with Crippen LogP contribution in [-0.2, 0) is 20.6 Å². The van der Waals surface area contributed by atoms with Crippen LogP contribution in [0.25, 0.3) is 0 Å². The maximum Gasteiger partial charge on any atom is 0.416 e. The molecule has 3 heterocycles. The summed E-state index contributed by atoms with van der Waals surface area (Å²) < 4.78 is 50.6. The average Bonchev–Trinajstić information content (AvgIpc) is 3.54. The topological polar surface area (TPSA) is 161 Å². The van der Waals surface area contributed by atoms with Crippen molar-refractivity contribution >= 4 is 57.9 Å². The molecular weight excluding hydrogens is 677 g/mol. The van der Waals surface area contributed by atoms with Gasteiger partial charge >= 0.3 is 11.0 Å². The lowest BCUT2D eigenvalue weighted by atomic mass is 9.83. The first-order chi connectivity index (χ1) is 22.8. The number of thiazole rings is 1. The molecule has 3 unspecified atom stereocenters. The fourth-order valence-electron chi connectivity index (χ4n) is 5.57. The average molecular weight is 701 g/mol. The number of ether oxygens (including phenoxy) is 2. The van der Waals surface area contributed by atoms with E-state index in [9.17, 15) is 42.5 Å². The number of aromatic nitrogens is 1. The third-order valence-electron chi connectivity index (χ3n) is 7.60. The highest BCUT2D eigenvalue weighted by atomic mass is 32.2. The largest absolute Gasteiger partial charge is 0.490 e. The number of amides is 3. The zero-order valence-corrected chi connectivity index (χ0v) is 26.2. The second-order valence-electron chi connectivity index (χ2n) is 10.6. The fraction of sp³-hybridized carbons (Fsp3) is 0.226. The van der Waals surface area contributed by atoms with Gasteiger partial charge in [0.25, 0.3) is 11.6 Å². The van der Waals surface area contributed by atoms with Crippen LogP contribution in [-0.4, -0.2) is 46.1 Å². The van der Waals surface area contributed by atoms with E-state index >= 15 is 0 Å². The van der Waals surface area contributed by atoms with Crippen molar-refractivity contribution < 1.29 is 42.0 Å². The van der Waals surface area contributed by atoms with Gasteiger partial charge in [-0.3, -0.25) is 29.3 Å². The Morgan fingerprint density at radius 2 is 1.77 bits per heavy atom. The molecule has 0 radical (unpaired) electrons. The summed E-state index contributed by atoms with van der Waals surface area (Å²) in [6.07, 6.45) is -4.58. The summed E-state index contributed by atoms with van der Waals surface area (Å²) in [4.78, 5) is 67.1. The normalized spacial score (nSPS) is 18.7. The fourth-order valence-corrected chi connectivity index (χ4v) is 8.09. The molecule has 3 atom stereocenters. The van der Waals surface area contributed by atoms with Gasteiger partial charge in [0.15, 0.2) is 18.1 Å². The van der Waals surface area contributed by atoms with Crippen LogP contribution >= 0.6 is 23.1 Å².